The Morgan fingerprint density at radius 3 is 2.60 bits per heavy atom. The quantitative estimate of drug-likeness (QED) is 0.750. The van der Waals surface area contributed by atoms with Crippen LogP contribution in [-0.4, -0.2) is 43.0 Å². The molecule has 0 saturated carbocycles. The molecule has 7 heteroatoms. The van der Waals surface area contributed by atoms with Gasteiger partial charge in [0.1, 0.15) is 6.54 Å². The maximum atomic E-state index is 12.6. The Balaban J connectivity index is 2.48. The molecule has 0 aromatic heterocycles. The Morgan fingerprint density at radius 1 is 1.32 bits per heavy atom. The van der Waals surface area contributed by atoms with Crippen molar-refractivity contribution in [3.63, 3.8) is 0 Å². The minimum Gasteiger partial charge on any atom is -0.466 e. The van der Waals surface area contributed by atoms with Crippen molar-refractivity contribution in [2.45, 2.75) is 26.2 Å². The number of rotatable bonds is 5. The second-order valence-corrected chi connectivity index (χ2v) is 5.96. The lowest BCUT2D eigenvalue weighted by atomic mass is 9.83. The van der Waals surface area contributed by atoms with Gasteiger partial charge in [0.2, 0.25) is 5.91 Å². The molecule has 0 unspecified atom stereocenters. The van der Waals surface area contributed by atoms with Crippen LogP contribution in [0.2, 0.25) is 5.02 Å². The molecule has 1 heterocycles. The molecule has 1 aliphatic heterocycles. The summed E-state index contributed by atoms with van der Waals surface area (Å²) in [4.78, 5) is 38.0. The Morgan fingerprint density at radius 2 is 2.00 bits per heavy atom. The standard InChI is InChI=1S/C18H20ClNO5/c1-4-25-16(22)10-20-11(2)17(18(23)24-3)13(9-15(20)21)12-7-5-6-8-14(12)19/h5-8,13H,4,9-10H2,1-3H3/t13-/m1/s1. The van der Waals surface area contributed by atoms with E-state index in [2.05, 4.69) is 0 Å². The fourth-order valence-corrected chi connectivity index (χ4v) is 3.20. The number of halogens is 1. The summed E-state index contributed by atoms with van der Waals surface area (Å²) in [5.41, 5.74) is 1.37. The van der Waals surface area contributed by atoms with Crippen molar-refractivity contribution in [2.75, 3.05) is 20.3 Å². The lowest BCUT2D eigenvalue weighted by molar-refractivity contribution is -0.148. The fraction of sp³-hybridized carbons (Fsp3) is 0.389. The van der Waals surface area contributed by atoms with Gasteiger partial charge in [-0.25, -0.2) is 4.79 Å². The molecule has 0 saturated heterocycles. The van der Waals surface area contributed by atoms with Crippen LogP contribution < -0.4 is 0 Å². The largest absolute Gasteiger partial charge is 0.466 e. The van der Waals surface area contributed by atoms with Crippen molar-refractivity contribution in [2.24, 2.45) is 0 Å². The number of benzene rings is 1. The summed E-state index contributed by atoms with van der Waals surface area (Å²) in [6.07, 6.45) is 0.0188. The van der Waals surface area contributed by atoms with Gasteiger partial charge in [0, 0.05) is 23.1 Å². The number of allylic oxidation sites excluding steroid dienone is 1. The first-order valence-corrected chi connectivity index (χ1v) is 8.28. The predicted octanol–water partition coefficient (Wildman–Crippen LogP) is 2.67. The van der Waals surface area contributed by atoms with Crippen LogP contribution in [-0.2, 0) is 23.9 Å². The van der Waals surface area contributed by atoms with Gasteiger partial charge in [-0.3, -0.25) is 9.59 Å². The summed E-state index contributed by atoms with van der Waals surface area (Å²) in [7, 11) is 1.28. The Bertz CT molecular complexity index is 728. The van der Waals surface area contributed by atoms with Crippen LogP contribution in [0.15, 0.2) is 35.5 Å². The minimum absolute atomic E-state index is 0.0188. The molecule has 25 heavy (non-hydrogen) atoms. The second-order valence-electron chi connectivity index (χ2n) is 5.55. The van der Waals surface area contributed by atoms with Gasteiger partial charge in [-0.2, -0.15) is 0 Å². The van der Waals surface area contributed by atoms with E-state index in [4.69, 9.17) is 21.1 Å². The van der Waals surface area contributed by atoms with Gasteiger partial charge in [-0.15, -0.1) is 0 Å². The predicted molar refractivity (Wildman–Crippen MR) is 91.9 cm³/mol. The van der Waals surface area contributed by atoms with Crippen molar-refractivity contribution in [3.8, 4) is 0 Å². The summed E-state index contributed by atoms with van der Waals surface area (Å²) < 4.78 is 9.79. The normalized spacial score (nSPS) is 17.5. The van der Waals surface area contributed by atoms with E-state index in [1.54, 1.807) is 38.1 Å². The molecule has 1 aromatic rings. The minimum atomic E-state index is -0.552. The monoisotopic (exact) mass is 365 g/mol. The second kappa shape index (κ2) is 8.16. The molecule has 0 N–H and O–H groups in total. The van der Waals surface area contributed by atoms with Gasteiger partial charge in [0.05, 0.1) is 19.3 Å². The number of carbonyl (C=O) groups excluding carboxylic acids is 3. The Kier molecular flexibility index (Phi) is 6.20. The van der Waals surface area contributed by atoms with Gasteiger partial charge in [-0.1, -0.05) is 29.8 Å². The molecule has 0 fully saturated rings. The van der Waals surface area contributed by atoms with Crippen LogP contribution in [0.1, 0.15) is 31.7 Å². The maximum Gasteiger partial charge on any atom is 0.336 e. The van der Waals surface area contributed by atoms with Crippen LogP contribution in [0.5, 0.6) is 0 Å². The number of esters is 2. The average molecular weight is 366 g/mol. The highest BCUT2D eigenvalue weighted by Crippen LogP contribution is 2.39. The summed E-state index contributed by atoms with van der Waals surface area (Å²) in [5, 5.41) is 0.466. The van der Waals surface area contributed by atoms with Gasteiger partial charge in [0.25, 0.3) is 0 Å². The molecule has 134 valence electrons. The van der Waals surface area contributed by atoms with Crippen LogP contribution in [0.4, 0.5) is 0 Å². The van der Waals surface area contributed by atoms with E-state index in [-0.39, 0.29) is 25.5 Å². The van der Waals surface area contributed by atoms with Gasteiger partial charge in [0.15, 0.2) is 0 Å². The highest BCUT2D eigenvalue weighted by Gasteiger charge is 2.38. The third kappa shape index (κ3) is 4.02. The number of hydrogen-bond donors (Lipinski definition) is 0. The molecule has 6 nitrogen and oxygen atoms in total. The zero-order chi connectivity index (χ0) is 18.6. The van der Waals surface area contributed by atoms with E-state index >= 15 is 0 Å². The van der Waals surface area contributed by atoms with Crippen molar-refractivity contribution in [1.82, 2.24) is 4.90 Å². The summed E-state index contributed by atoms with van der Waals surface area (Å²) in [6.45, 7) is 3.28. The average Bonchev–Trinajstić information content (AvgIpc) is 2.58. The zero-order valence-corrected chi connectivity index (χ0v) is 15.1. The third-order valence-electron chi connectivity index (χ3n) is 4.10. The van der Waals surface area contributed by atoms with Crippen molar-refractivity contribution in [3.05, 3.63) is 46.1 Å². The van der Waals surface area contributed by atoms with Crippen molar-refractivity contribution >= 4 is 29.4 Å². The molecule has 1 aliphatic rings. The molecular weight excluding hydrogens is 346 g/mol. The van der Waals surface area contributed by atoms with Crippen molar-refractivity contribution < 1.29 is 23.9 Å². The molecule has 0 aliphatic carbocycles. The Hall–Kier alpha value is -2.34. The number of carbonyl (C=O) groups is 3. The van der Waals surface area contributed by atoms with E-state index in [0.29, 0.717) is 21.9 Å². The number of amides is 1. The van der Waals surface area contributed by atoms with Gasteiger partial charge < -0.3 is 14.4 Å². The maximum absolute atomic E-state index is 12.6. The topological polar surface area (TPSA) is 72.9 Å². The van der Waals surface area contributed by atoms with Gasteiger partial charge in [-0.05, 0) is 25.5 Å². The molecule has 0 spiro atoms. The molecule has 0 bridgehead atoms. The van der Waals surface area contributed by atoms with E-state index in [1.165, 1.54) is 12.0 Å². The first-order valence-electron chi connectivity index (χ1n) is 7.90. The molecule has 1 atom stereocenters. The lowest BCUT2D eigenvalue weighted by Gasteiger charge is -2.34. The van der Waals surface area contributed by atoms with Crippen molar-refractivity contribution in [1.29, 1.82) is 0 Å². The van der Waals surface area contributed by atoms with Crippen LogP contribution in [0, 0.1) is 0 Å². The number of ether oxygens (including phenoxy) is 2. The van der Waals surface area contributed by atoms with Crippen LogP contribution >= 0.6 is 11.6 Å². The van der Waals surface area contributed by atoms with E-state index in [9.17, 15) is 14.4 Å². The lowest BCUT2D eigenvalue weighted by Crippen LogP contribution is -2.41. The summed E-state index contributed by atoms with van der Waals surface area (Å²) >= 11 is 6.25. The highest BCUT2D eigenvalue weighted by molar-refractivity contribution is 6.31. The molecule has 1 aromatic carbocycles. The molecule has 2 rings (SSSR count). The van der Waals surface area contributed by atoms with Gasteiger partial charge >= 0.3 is 11.9 Å². The summed E-state index contributed by atoms with van der Waals surface area (Å²) in [6, 6.07) is 7.05. The zero-order valence-electron chi connectivity index (χ0n) is 14.4. The number of hydrogen-bond acceptors (Lipinski definition) is 5. The van der Waals surface area contributed by atoms with E-state index in [1.807, 2.05) is 0 Å². The number of nitrogens with zero attached hydrogens (tertiary/aromatic N) is 1. The number of methoxy groups -OCH3 is 1. The molecule has 0 radical (unpaired) electrons. The smallest absolute Gasteiger partial charge is 0.336 e. The van der Waals surface area contributed by atoms with Crippen LogP contribution in [0.3, 0.4) is 0 Å². The first-order chi connectivity index (χ1) is 11.9. The summed E-state index contributed by atoms with van der Waals surface area (Å²) in [5.74, 6) is -1.88. The first kappa shape index (κ1) is 19.0. The van der Waals surface area contributed by atoms with E-state index in [0.717, 1.165) is 0 Å². The molecule has 1 amide bonds. The Labute approximate surface area is 151 Å². The van der Waals surface area contributed by atoms with E-state index < -0.39 is 17.9 Å². The third-order valence-corrected chi connectivity index (χ3v) is 4.45. The highest BCUT2D eigenvalue weighted by atomic mass is 35.5. The van der Waals surface area contributed by atoms with Crippen LogP contribution in [0.25, 0.3) is 0 Å². The SMILES string of the molecule is CCOC(=O)CN1C(=O)C[C@H](c2ccccc2Cl)C(C(=O)OC)=C1C. The fourth-order valence-electron chi connectivity index (χ4n) is 2.94. The molecular formula is C18H20ClNO5.